The van der Waals surface area contributed by atoms with Crippen LogP contribution >= 0.6 is 11.3 Å². The van der Waals surface area contributed by atoms with Crippen molar-refractivity contribution >= 4 is 26.7 Å². The summed E-state index contributed by atoms with van der Waals surface area (Å²) in [5.74, 6) is 0. The molecule has 1 fully saturated rings. The van der Waals surface area contributed by atoms with Crippen LogP contribution in [-0.2, 0) is 17.8 Å². The third-order valence-corrected chi connectivity index (χ3v) is 6.17. The summed E-state index contributed by atoms with van der Waals surface area (Å²) >= 11 is 1.68. The van der Waals surface area contributed by atoms with Gasteiger partial charge in [-0.05, 0) is 28.8 Å². The van der Waals surface area contributed by atoms with Crippen molar-refractivity contribution in [3.63, 3.8) is 0 Å². The second-order valence-electron chi connectivity index (χ2n) is 7.25. The Morgan fingerprint density at radius 2 is 1.86 bits per heavy atom. The van der Waals surface area contributed by atoms with Crippen LogP contribution in [0.3, 0.4) is 0 Å². The summed E-state index contributed by atoms with van der Waals surface area (Å²) < 4.78 is 6.59. The Bertz CT molecular complexity index is 1070. The van der Waals surface area contributed by atoms with E-state index in [1.54, 1.807) is 11.3 Å². The Morgan fingerprint density at radius 3 is 2.66 bits per heavy atom. The Hall–Kier alpha value is -2.74. The van der Waals surface area contributed by atoms with Crippen molar-refractivity contribution in [2.75, 3.05) is 31.6 Å². The number of hydrogen-bond donors (Lipinski definition) is 2. The maximum atomic E-state index is 5.42. The third-order valence-electron chi connectivity index (χ3n) is 5.20. The van der Waals surface area contributed by atoms with Gasteiger partial charge in [0.05, 0.1) is 29.6 Å². The summed E-state index contributed by atoms with van der Waals surface area (Å²) in [7, 11) is 0. The van der Waals surface area contributed by atoms with Gasteiger partial charge in [-0.15, -0.1) is 0 Å². The average molecular weight is 406 g/mol. The zero-order valence-corrected chi connectivity index (χ0v) is 16.9. The summed E-state index contributed by atoms with van der Waals surface area (Å²) in [5.41, 5.74) is 5.87. The lowest BCUT2D eigenvalue weighted by molar-refractivity contribution is 0.0342. The van der Waals surface area contributed by atoms with Gasteiger partial charge in [0.15, 0.2) is 5.13 Å². The van der Waals surface area contributed by atoms with Crippen LogP contribution in [0.5, 0.6) is 0 Å². The minimum atomic E-state index is 0.770. The molecule has 2 aromatic heterocycles. The molecule has 2 N–H and O–H groups in total. The number of hydrogen-bond acceptors (Lipinski definition) is 6. The van der Waals surface area contributed by atoms with Gasteiger partial charge in [-0.2, -0.15) is 5.10 Å². The molecule has 1 aliphatic rings. The largest absolute Gasteiger partial charge is 0.379 e. The first-order valence-electron chi connectivity index (χ1n) is 9.85. The smallest absolute Gasteiger partial charge is 0.184 e. The van der Waals surface area contributed by atoms with Gasteiger partial charge >= 0.3 is 0 Å². The summed E-state index contributed by atoms with van der Waals surface area (Å²) in [6.45, 7) is 5.48. The molecule has 1 aliphatic heterocycles. The van der Waals surface area contributed by atoms with E-state index in [9.17, 15) is 0 Å². The lowest BCUT2D eigenvalue weighted by Gasteiger charge is -2.26. The van der Waals surface area contributed by atoms with Crippen molar-refractivity contribution in [3.8, 4) is 11.1 Å². The van der Waals surface area contributed by atoms with Crippen LogP contribution < -0.4 is 5.32 Å². The molecule has 6 nitrogen and oxygen atoms in total. The number of morpholine rings is 1. The molecule has 0 radical (unpaired) electrons. The van der Waals surface area contributed by atoms with Gasteiger partial charge in [0, 0.05) is 37.9 Å². The average Bonchev–Trinajstić information content (AvgIpc) is 3.43. The number of nitrogens with zero attached hydrogens (tertiary/aromatic N) is 3. The van der Waals surface area contributed by atoms with E-state index in [-0.39, 0.29) is 0 Å². The fraction of sp³-hybridized carbons (Fsp3) is 0.273. The van der Waals surface area contributed by atoms with E-state index in [1.165, 1.54) is 15.8 Å². The molecule has 0 bridgehead atoms. The summed E-state index contributed by atoms with van der Waals surface area (Å²) in [4.78, 5) is 7.15. The van der Waals surface area contributed by atoms with Gasteiger partial charge < -0.3 is 10.1 Å². The highest BCUT2D eigenvalue weighted by atomic mass is 32.1. The van der Waals surface area contributed by atoms with E-state index in [1.807, 2.05) is 12.4 Å². The molecule has 7 heteroatoms. The Labute approximate surface area is 173 Å². The van der Waals surface area contributed by atoms with Crippen LogP contribution in [0.15, 0.2) is 54.9 Å². The number of rotatable bonds is 6. The van der Waals surface area contributed by atoms with Crippen molar-refractivity contribution < 1.29 is 4.74 Å². The fourth-order valence-corrected chi connectivity index (χ4v) is 4.45. The number of aromatic nitrogens is 3. The highest BCUT2D eigenvalue weighted by Crippen LogP contribution is 2.30. The third kappa shape index (κ3) is 4.32. The monoisotopic (exact) mass is 405 g/mol. The van der Waals surface area contributed by atoms with Crippen molar-refractivity contribution in [2.45, 2.75) is 13.1 Å². The van der Waals surface area contributed by atoms with Crippen LogP contribution in [0.2, 0.25) is 0 Å². The number of anilines is 1. The summed E-state index contributed by atoms with van der Waals surface area (Å²) in [6.07, 6.45) is 3.74. The fourth-order valence-electron chi connectivity index (χ4n) is 3.55. The molecule has 148 valence electrons. The quantitative estimate of drug-likeness (QED) is 0.505. The second-order valence-corrected chi connectivity index (χ2v) is 8.28. The molecule has 0 amide bonds. The number of thiazole rings is 1. The van der Waals surface area contributed by atoms with Gasteiger partial charge in [0.25, 0.3) is 0 Å². The van der Waals surface area contributed by atoms with Crippen molar-refractivity contribution in [3.05, 3.63) is 66.0 Å². The van der Waals surface area contributed by atoms with Crippen LogP contribution in [0, 0.1) is 0 Å². The molecule has 2 aromatic carbocycles. The Balaban J connectivity index is 1.22. The topological polar surface area (TPSA) is 66.1 Å². The Morgan fingerprint density at radius 1 is 1.03 bits per heavy atom. The Kier molecular flexibility index (Phi) is 5.25. The molecule has 0 spiro atoms. The zero-order chi connectivity index (χ0) is 19.5. The van der Waals surface area contributed by atoms with Gasteiger partial charge in [0.1, 0.15) is 0 Å². The molecule has 1 saturated heterocycles. The minimum absolute atomic E-state index is 0.770. The van der Waals surface area contributed by atoms with E-state index in [4.69, 9.17) is 9.72 Å². The molecular weight excluding hydrogens is 382 g/mol. The molecule has 29 heavy (non-hydrogen) atoms. The first-order chi connectivity index (χ1) is 14.3. The predicted octanol–water partition coefficient (Wildman–Crippen LogP) is 4.13. The normalized spacial score (nSPS) is 15.0. The number of H-pyrrole nitrogens is 1. The summed E-state index contributed by atoms with van der Waals surface area (Å²) in [5, 5.41) is 11.3. The number of ether oxygens (including phenoxy) is 1. The van der Waals surface area contributed by atoms with E-state index < -0.39 is 0 Å². The van der Waals surface area contributed by atoms with Crippen molar-refractivity contribution in [2.24, 2.45) is 0 Å². The lowest BCUT2D eigenvalue weighted by Crippen LogP contribution is -2.35. The molecule has 5 rings (SSSR count). The number of benzene rings is 2. The van der Waals surface area contributed by atoms with Crippen LogP contribution in [0.4, 0.5) is 5.13 Å². The first-order valence-corrected chi connectivity index (χ1v) is 10.7. The van der Waals surface area contributed by atoms with Gasteiger partial charge in [-0.1, -0.05) is 41.7 Å². The maximum absolute atomic E-state index is 5.42. The van der Waals surface area contributed by atoms with Crippen LogP contribution in [0.1, 0.15) is 11.1 Å². The molecule has 0 unspecified atom stereocenters. The predicted molar refractivity (Wildman–Crippen MR) is 117 cm³/mol. The molecule has 0 atom stereocenters. The van der Waals surface area contributed by atoms with Gasteiger partial charge in [-0.3, -0.25) is 10.00 Å². The molecule has 0 aliphatic carbocycles. The van der Waals surface area contributed by atoms with Crippen LogP contribution in [0.25, 0.3) is 21.3 Å². The molecule has 3 heterocycles. The summed E-state index contributed by atoms with van der Waals surface area (Å²) in [6, 6.07) is 15.2. The van der Waals surface area contributed by atoms with Gasteiger partial charge in [0.2, 0.25) is 0 Å². The minimum Gasteiger partial charge on any atom is -0.379 e. The SMILES string of the molecule is c1cc(CN2CCOCC2)ccc1CNc1nc2ccc(-c3cn[nH]c3)cc2s1. The maximum Gasteiger partial charge on any atom is 0.184 e. The van der Waals surface area contributed by atoms with E-state index in [0.717, 1.165) is 61.2 Å². The lowest BCUT2D eigenvalue weighted by atomic mass is 10.1. The van der Waals surface area contributed by atoms with E-state index >= 15 is 0 Å². The highest BCUT2D eigenvalue weighted by molar-refractivity contribution is 7.22. The van der Waals surface area contributed by atoms with Crippen molar-refractivity contribution in [1.82, 2.24) is 20.1 Å². The number of nitrogens with one attached hydrogen (secondary N) is 2. The molecular formula is C22H23N5OS. The van der Waals surface area contributed by atoms with Crippen molar-refractivity contribution in [1.29, 1.82) is 0 Å². The molecule has 4 aromatic rings. The van der Waals surface area contributed by atoms with E-state index in [2.05, 4.69) is 62.9 Å². The number of fused-ring (bicyclic) bond motifs is 1. The number of aromatic amines is 1. The molecule has 0 saturated carbocycles. The van der Waals surface area contributed by atoms with Crippen LogP contribution in [-0.4, -0.2) is 46.4 Å². The van der Waals surface area contributed by atoms with Gasteiger partial charge in [-0.25, -0.2) is 4.98 Å². The van der Waals surface area contributed by atoms with E-state index in [0.29, 0.717) is 0 Å². The standard InChI is InChI=1S/C22H23N5OS/c1-3-17(15-27-7-9-28-10-8-27)4-2-16(1)12-23-22-26-20-6-5-18(11-21(20)29-22)19-13-24-25-14-19/h1-6,11,13-14H,7-10,12,15H2,(H,23,26)(H,24,25). The zero-order valence-electron chi connectivity index (χ0n) is 16.1. The first kappa shape index (κ1) is 18.3. The second kappa shape index (κ2) is 8.32. The highest BCUT2D eigenvalue weighted by Gasteiger charge is 2.11.